The van der Waals surface area contributed by atoms with Crippen molar-refractivity contribution in [3.63, 3.8) is 0 Å². The van der Waals surface area contributed by atoms with Gasteiger partial charge in [0.1, 0.15) is 11.1 Å². The van der Waals surface area contributed by atoms with Crippen molar-refractivity contribution in [3.8, 4) is 5.88 Å². The summed E-state index contributed by atoms with van der Waals surface area (Å²) in [6.07, 6.45) is 3.06. The van der Waals surface area contributed by atoms with Gasteiger partial charge in [0.25, 0.3) is 5.91 Å². The predicted molar refractivity (Wildman–Crippen MR) is 106 cm³/mol. The van der Waals surface area contributed by atoms with Crippen LogP contribution in [0.3, 0.4) is 0 Å². The fourth-order valence-electron chi connectivity index (χ4n) is 2.71. The highest BCUT2D eigenvalue weighted by Gasteiger charge is 2.19. The van der Waals surface area contributed by atoms with E-state index in [1.54, 1.807) is 12.1 Å². The minimum atomic E-state index is -0.341. The lowest BCUT2D eigenvalue weighted by molar-refractivity contribution is 0.0238. The number of nitrogens with one attached hydrogen (secondary N) is 1. The Morgan fingerprint density at radius 1 is 1.26 bits per heavy atom. The zero-order valence-corrected chi connectivity index (χ0v) is 16.4. The highest BCUT2D eigenvalue weighted by atomic mass is 35.5. The van der Waals surface area contributed by atoms with Gasteiger partial charge < -0.3 is 9.47 Å². The first-order valence-corrected chi connectivity index (χ1v) is 9.93. The van der Waals surface area contributed by atoms with Gasteiger partial charge in [0, 0.05) is 24.1 Å². The number of pyridine rings is 1. The van der Waals surface area contributed by atoms with E-state index in [1.807, 2.05) is 12.1 Å². The maximum Gasteiger partial charge on any atom is 0.259 e. The normalized spacial score (nSPS) is 15.0. The number of carbonyl (C=O) groups is 1. The molecule has 0 saturated carbocycles. The number of anilines is 1. The Hall–Kier alpha value is -1.93. The Bertz CT molecular complexity index is 989. The quantitative estimate of drug-likeness (QED) is 0.651. The molecule has 1 aliphatic rings. The number of hydrogen-bond donors (Lipinski definition) is 1. The molecule has 27 heavy (non-hydrogen) atoms. The molecule has 2 aromatic heterocycles. The molecular weight excluding hydrogens is 409 g/mol. The average molecular weight is 424 g/mol. The zero-order chi connectivity index (χ0) is 18.8. The second kappa shape index (κ2) is 7.98. The maximum atomic E-state index is 12.5. The molecule has 1 aromatic carbocycles. The number of aromatic nitrogens is 2. The summed E-state index contributed by atoms with van der Waals surface area (Å²) in [6, 6.07) is 6.93. The van der Waals surface area contributed by atoms with Crippen molar-refractivity contribution < 1.29 is 14.3 Å². The number of fused-ring (bicyclic) bond motifs is 1. The fourth-order valence-corrected chi connectivity index (χ4v) is 4.06. The van der Waals surface area contributed by atoms with Crippen molar-refractivity contribution in [1.82, 2.24) is 9.97 Å². The first-order valence-electron chi connectivity index (χ1n) is 8.36. The third-order valence-corrected chi connectivity index (χ3v) is 5.53. The van der Waals surface area contributed by atoms with Crippen LogP contribution in [0.25, 0.3) is 10.2 Å². The zero-order valence-electron chi connectivity index (χ0n) is 14.1. The lowest BCUT2D eigenvalue weighted by atomic mass is 10.1. The van der Waals surface area contributed by atoms with Crippen LogP contribution in [0.4, 0.5) is 5.13 Å². The van der Waals surface area contributed by atoms with Crippen molar-refractivity contribution >= 4 is 55.8 Å². The van der Waals surface area contributed by atoms with E-state index < -0.39 is 0 Å². The maximum absolute atomic E-state index is 12.5. The van der Waals surface area contributed by atoms with Crippen molar-refractivity contribution in [1.29, 1.82) is 0 Å². The van der Waals surface area contributed by atoms with E-state index in [2.05, 4.69) is 15.3 Å². The highest BCUT2D eigenvalue weighted by molar-refractivity contribution is 7.22. The minimum absolute atomic E-state index is 0.0259. The lowest BCUT2D eigenvalue weighted by Gasteiger charge is -2.23. The summed E-state index contributed by atoms with van der Waals surface area (Å²) in [5.74, 6) is -0.0121. The number of halogens is 2. The minimum Gasteiger partial charge on any atom is -0.473 e. The van der Waals surface area contributed by atoms with Crippen molar-refractivity contribution in [2.24, 2.45) is 0 Å². The average Bonchev–Trinajstić information content (AvgIpc) is 3.05. The summed E-state index contributed by atoms with van der Waals surface area (Å²) >= 11 is 13.6. The first-order chi connectivity index (χ1) is 13.1. The molecule has 4 rings (SSSR count). The second-order valence-electron chi connectivity index (χ2n) is 6.03. The van der Waals surface area contributed by atoms with Gasteiger partial charge in [0.2, 0.25) is 5.88 Å². The van der Waals surface area contributed by atoms with Crippen LogP contribution in [0, 0.1) is 0 Å². The fraction of sp³-hybridized carbons (Fsp3) is 0.278. The van der Waals surface area contributed by atoms with Crippen molar-refractivity contribution in [2.75, 3.05) is 18.5 Å². The van der Waals surface area contributed by atoms with E-state index in [4.69, 9.17) is 32.7 Å². The summed E-state index contributed by atoms with van der Waals surface area (Å²) in [6.45, 7) is 1.33. The smallest absolute Gasteiger partial charge is 0.259 e. The first kappa shape index (κ1) is 18.4. The number of thiazole rings is 1. The van der Waals surface area contributed by atoms with Crippen LogP contribution >= 0.6 is 34.5 Å². The molecule has 1 amide bonds. The number of benzene rings is 1. The van der Waals surface area contributed by atoms with Crippen LogP contribution in [0.5, 0.6) is 5.88 Å². The summed E-state index contributed by atoms with van der Waals surface area (Å²) in [5, 5.41) is 4.17. The van der Waals surface area contributed by atoms with Gasteiger partial charge in [-0.25, -0.2) is 9.97 Å². The standard InChI is InChI=1S/C18H15Cl2N3O3S/c19-11-1-2-14-15(8-11)27-18(22-14)23-16(24)10-7-13(20)17(21-9-10)26-12-3-5-25-6-4-12/h1-2,7-9,12H,3-6H2,(H,22,23,24). The van der Waals surface area contributed by atoms with E-state index in [0.29, 0.717) is 39.8 Å². The van der Waals surface area contributed by atoms with Crippen LogP contribution < -0.4 is 10.1 Å². The predicted octanol–water partition coefficient (Wildman–Crippen LogP) is 4.81. The second-order valence-corrected chi connectivity index (χ2v) is 7.90. The van der Waals surface area contributed by atoms with Gasteiger partial charge in [-0.2, -0.15) is 0 Å². The van der Waals surface area contributed by atoms with E-state index in [-0.39, 0.29) is 12.0 Å². The third kappa shape index (κ3) is 4.32. The van der Waals surface area contributed by atoms with E-state index in [0.717, 1.165) is 23.1 Å². The number of rotatable bonds is 4. The highest BCUT2D eigenvalue weighted by Crippen LogP contribution is 2.29. The van der Waals surface area contributed by atoms with Gasteiger partial charge in [0.15, 0.2) is 5.13 Å². The Morgan fingerprint density at radius 3 is 2.85 bits per heavy atom. The van der Waals surface area contributed by atoms with E-state index in [9.17, 15) is 4.79 Å². The molecule has 0 bridgehead atoms. The molecule has 0 spiro atoms. The van der Waals surface area contributed by atoms with Gasteiger partial charge in [-0.1, -0.05) is 34.5 Å². The molecule has 1 saturated heterocycles. The van der Waals surface area contributed by atoms with Gasteiger partial charge in [-0.3, -0.25) is 10.1 Å². The van der Waals surface area contributed by atoms with Crippen molar-refractivity contribution in [2.45, 2.75) is 18.9 Å². The monoisotopic (exact) mass is 423 g/mol. The van der Waals surface area contributed by atoms with E-state index >= 15 is 0 Å². The third-order valence-electron chi connectivity index (χ3n) is 4.09. The number of carbonyl (C=O) groups excluding carboxylic acids is 1. The molecule has 0 atom stereocenters. The molecule has 1 aliphatic heterocycles. The van der Waals surface area contributed by atoms with Crippen LogP contribution in [0.15, 0.2) is 30.5 Å². The van der Waals surface area contributed by atoms with Crippen LogP contribution in [0.2, 0.25) is 10.0 Å². The molecule has 0 aliphatic carbocycles. The van der Waals surface area contributed by atoms with Gasteiger partial charge in [0.05, 0.1) is 29.0 Å². The SMILES string of the molecule is O=C(Nc1nc2ccc(Cl)cc2s1)c1cnc(OC2CCOCC2)c(Cl)c1. The molecule has 3 heterocycles. The van der Waals surface area contributed by atoms with E-state index in [1.165, 1.54) is 17.5 Å². The molecule has 1 N–H and O–H groups in total. The molecule has 9 heteroatoms. The number of hydrogen-bond acceptors (Lipinski definition) is 6. The van der Waals surface area contributed by atoms with Gasteiger partial charge in [-0.15, -0.1) is 0 Å². The van der Waals surface area contributed by atoms with Crippen molar-refractivity contribution in [3.05, 3.63) is 46.1 Å². The Labute approximate surface area is 169 Å². The summed E-state index contributed by atoms with van der Waals surface area (Å²) in [5.41, 5.74) is 1.10. The van der Waals surface area contributed by atoms with Gasteiger partial charge in [-0.05, 0) is 24.3 Å². The topological polar surface area (TPSA) is 73.3 Å². The molecule has 6 nitrogen and oxygen atoms in total. The largest absolute Gasteiger partial charge is 0.473 e. The Balaban J connectivity index is 1.46. The summed E-state index contributed by atoms with van der Waals surface area (Å²) < 4.78 is 12.0. The van der Waals surface area contributed by atoms with Crippen LogP contribution in [0.1, 0.15) is 23.2 Å². The summed E-state index contributed by atoms with van der Waals surface area (Å²) in [7, 11) is 0. The Morgan fingerprint density at radius 2 is 2.07 bits per heavy atom. The molecule has 140 valence electrons. The molecular formula is C18H15Cl2N3O3S. The van der Waals surface area contributed by atoms with Gasteiger partial charge >= 0.3 is 0 Å². The lowest BCUT2D eigenvalue weighted by Crippen LogP contribution is -2.26. The summed E-state index contributed by atoms with van der Waals surface area (Å²) in [4.78, 5) is 21.1. The molecule has 3 aromatic rings. The van der Waals surface area contributed by atoms with Crippen LogP contribution in [-0.2, 0) is 4.74 Å². The molecule has 1 fully saturated rings. The number of nitrogens with zero attached hydrogens (tertiary/aromatic N) is 2. The molecule has 0 radical (unpaired) electrons. The number of ether oxygens (including phenoxy) is 2. The molecule has 0 unspecified atom stereocenters. The van der Waals surface area contributed by atoms with Crippen LogP contribution in [-0.4, -0.2) is 35.2 Å². The number of amides is 1. The Kier molecular flexibility index (Phi) is 5.45.